The smallest absolute Gasteiger partial charge is 0.187 e. The number of nitrogens with zero attached hydrogens (tertiary/aromatic N) is 1. The minimum atomic E-state index is 0.0219. The van der Waals surface area contributed by atoms with Crippen LogP contribution in [0.25, 0.3) is 0 Å². The van der Waals surface area contributed by atoms with E-state index in [1.165, 1.54) is 5.01 Å². The normalized spacial score (nSPS) is 10.4. The maximum atomic E-state index is 6.11. The van der Waals surface area contributed by atoms with E-state index in [4.69, 9.17) is 46.0 Å². The van der Waals surface area contributed by atoms with Gasteiger partial charge in [0.2, 0.25) is 0 Å². The van der Waals surface area contributed by atoms with Crippen molar-refractivity contribution in [2.75, 3.05) is 12.4 Å². The number of thiocarbonyl (C=S) groups is 1. The minimum Gasteiger partial charge on any atom is -0.489 e. The summed E-state index contributed by atoms with van der Waals surface area (Å²) >= 11 is 17.2. The van der Waals surface area contributed by atoms with Crippen LogP contribution in [0.5, 0.6) is 5.75 Å². The Bertz CT molecular complexity index is 452. The summed E-state index contributed by atoms with van der Waals surface area (Å²) in [4.78, 5) is 0. The van der Waals surface area contributed by atoms with Crippen LogP contribution in [-0.2, 0) is 0 Å². The molecular formula is C11H15Cl2N3OS. The predicted octanol–water partition coefficient (Wildman–Crippen LogP) is 3.28. The van der Waals surface area contributed by atoms with Crippen LogP contribution in [0.15, 0.2) is 12.1 Å². The molecular weight excluding hydrogens is 293 g/mol. The highest BCUT2D eigenvalue weighted by Crippen LogP contribution is 2.34. The number of ether oxygens (including phenoxy) is 1. The van der Waals surface area contributed by atoms with Crippen molar-refractivity contribution in [1.82, 2.24) is 5.01 Å². The number of rotatable bonds is 3. The zero-order chi connectivity index (χ0) is 13.9. The molecule has 7 heteroatoms. The standard InChI is InChI=1S/C11H15Cl2N3OS/c1-6(2)17-10-5-7(12)9(4-8(10)13)15-11(18)16(3)14/h4-6H,14H2,1-3H3,(H,15,18). The molecule has 0 spiro atoms. The van der Waals surface area contributed by atoms with Crippen molar-refractivity contribution in [2.45, 2.75) is 20.0 Å². The minimum absolute atomic E-state index is 0.0219. The average molecular weight is 308 g/mol. The quantitative estimate of drug-likeness (QED) is 0.510. The highest BCUT2D eigenvalue weighted by molar-refractivity contribution is 7.80. The summed E-state index contributed by atoms with van der Waals surface area (Å²) in [6.45, 7) is 3.82. The van der Waals surface area contributed by atoms with Gasteiger partial charge in [-0.2, -0.15) is 0 Å². The third kappa shape index (κ3) is 4.17. The lowest BCUT2D eigenvalue weighted by Crippen LogP contribution is -2.36. The molecule has 0 unspecified atom stereocenters. The fourth-order valence-electron chi connectivity index (χ4n) is 1.17. The van der Waals surface area contributed by atoms with Gasteiger partial charge in [0.05, 0.1) is 21.8 Å². The Labute approximate surface area is 122 Å². The van der Waals surface area contributed by atoms with Gasteiger partial charge in [0.1, 0.15) is 5.75 Å². The maximum Gasteiger partial charge on any atom is 0.187 e. The Kier molecular flexibility index (Phi) is 5.47. The van der Waals surface area contributed by atoms with Crippen molar-refractivity contribution in [3.05, 3.63) is 22.2 Å². The van der Waals surface area contributed by atoms with E-state index < -0.39 is 0 Å². The first-order chi connectivity index (χ1) is 8.31. The molecule has 0 saturated carbocycles. The number of nitrogens with two attached hydrogens (primary N) is 1. The van der Waals surface area contributed by atoms with E-state index >= 15 is 0 Å². The van der Waals surface area contributed by atoms with Crippen LogP contribution >= 0.6 is 35.4 Å². The molecule has 0 aliphatic heterocycles. The Hall–Kier alpha value is -0.750. The van der Waals surface area contributed by atoms with Crippen LogP contribution in [0.4, 0.5) is 5.69 Å². The molecule has 1 aromatic rings. The van der Waals surface area contributed by atoms with Crippen molar-refractivity contribution in [3.63, 3.8) is 0 Å². The molecule has 0 bridgehead atoms. The number of halogens is 2. The van der Waals surface area contributed by atoms with Gasteiger partial charge < -0.3 is 10.1 Å². The van der Waals surface area contributed by atoms with Gasteiger partial charge in [-0.05, 0) is 32.1 Å². The Balaban J connectivity index is 2.96. The fourth-order valence-corrected chi connectivity index (χ4v) is 1.69. The van der Waals surface area contributed by atoms with E-state index in [1.807, 2.05) is 13.8 Å². The van der Waals surface area contributed by atoms with Gasteiger partial charge >= 0.3 is 0 Å². The first kappa shape index (κ1) is 15.3. The van der Waals surface area contributed by atoms with Crippen LogP contribution in [-0.4, -0.2) is 23.3 Å². The first-order valence-electron chi connectivity index (χ1n) is 5.26. The van der Waals surface area contributed by atoms with Crippen LogP contribution in [0.1, 0.15) is 13.8 Å². The van der Waals surface area contributed by atoms with Gasteiger partial charge in [0.25, 0.3) is 0 Å². The molecule has 3 N–H and O–H groups in total. The monoisotopic (exact) mass is 307 g/mol. The number of hydrogen-bond acceptors (Lipinski definition) is 3. The molecule has 0 atom stereocenters. The number of hydrazine groups is 1. The lowest BCUT2D eigenvalue weighted by Gasteiger charge is -2.18. The molecule has 0 aromatic heterocycles. The van der Waals surface area contributed by atoms with Gasteiger partial charge in [-0.15, -0.1) is 0 Å². The molecule has 0 aliphatic carbocycles. The SMILES string of the molecule is CC(C)Oc1cc(Cl)c(NC(=S)N(C)N)cc1Cl. The second-order valence-corrected chi connectivity index (χ2v) is 5.17. The van der Waals surface area contributed by atoms with E-state index in [0.29, 0.717) is 26.6 Å². The van der Waals surface area contributed by atoms with Crippen molar-refractivity contribution in [1.29, 1.82) is 0 Å². The third-order valence-electron chi connectivity index (χ3n) is 1.95. The van der Waals surface area contributed by atoms with Gasteiger partial charge in [0, 0.05) is 13.1 Å². The number of hydrogen-bond donors (Lipinski definition) is 2. The molecule has 0 saturated heterocycles. The summed E-state index contributed by atoms with van der Waals surface area (Å²) < 4.78 is 5.52. The second-order valence-electron chi connectivity index (χ2n) is 3.97. The van der Waals surface area contributed by atoms with Crippen molar-refractivity contribution in [2.24, 2.45) is 5.84 Å². The van der Waals surface area contributed by atoms with E-state index in [0.717, 1.165) is 0 Å². The molecule has 0 heterocycles. The summed E-state index contributed by atoms with van der Waals surface area (Å²) in [6, 6.07) is 3.29. The summed E-state index contributed by atoms with van der Waals surface area (Å²) in [5, 5.41) is 5.42. The second kappa shape index (κ2) is 6.43. The predicted molar refractivity (Wildman–Crippen MR) is 80.4 cm³/mol. The number of anilines is 1. The van der Waals surface area contributed by atoms with Gasteiger partial charge in [-0.25, -0.2) is 5.84 Å². The van der Waals surface area contributed by atoms with E-state index in [2.05, 4.69) is 5.32 Å². The number of nitrogens with one attached hydrogen (secondary N) is 1. The fraction of sp³-hybridized carbons (Fsp3) is 0.364. The van der Waals surface area contributed by atoms with Crippen LogP contribution in [0.3, 0.4) is 0 Å². The molecule has 1 rings (SSSR count). The Morgan fingerprint density at radius 2 is 2.00 bits per heavy atom. The van der Waals surface area contributed by atoms with Crippen molar-refractivity contribution >= 4 is 46.2 Å². The lowest BCUT2D eigenvalue weighted by molar-refractivity contribution is 0.242. The highest BCUT2D eigenvalue weighted by Gasteiger charge is 2.11. The summed E-state index contributed by atoms with van der Waals surface area (Å²) in [6.07, 6.45) is 0.0219. The molecule has 4 nitrogen and oxygen atoms in total. The molecule has 100 valence electrons. The van der Waals surface area contributed by atoms with Crippen molar-refractivity contribution < 1.29 is 4.74 Å². The van der Waals surface area contributed by atoms with E-state index in [-0.39, 0.29) is 6.10 Å². The maximum absolute atomic E-state index is 6.11. The first-order valence-corrected chi connectivity index (χ1v) is 6.42. The number of benzene rings is 1. The average Bonchev–Trinajstić information content (AvgIpc) is 2.24. The largest absolute Gasteiger partial charge is 0.489 e. The third-order valence-corrected chi connectivity index (χ3v) is 2.94. The van der Waals surface area contributed by atoms with E-state index in [1.54, 1.807) is 19.2 Å². The summed E-state index contributed by atoms with van der Waals surface area (Å²) in [5.74, 6) is 6.03. The van der Waals surface area contributed by atoms with E-state index in [9.17, 15) is 0 Å². The molecule has 0 amide bonds. The lowest BCUT2D eigenvalue weighted by atomic mass is 10.3. The van der Waals surface area contributed by atoms with Gasteiger partial charge in [0.15, 0.2) is 5.11 Å². The van der Waals surface area contributed by atoms with Gasteiger partial charge in [-0.3, -0.25) is 5.01 Å². The topological polar surface area (TPSA) is 50.5 Å². The van der Waals surface area contributed by atoms with Gasteiger partial charge in [-0.1, -0.05) is 23.2 Å². The molecule has 1 aromatic carbocycles. The zero-order valence-electron chi connectivity index (χ0n) is 10.3. The zero-order valence-corrected chi connectivity index (χ0v) is 12.7. The van der Waals surface area contributed by atoms with Crippen LogP contribution in [0.2, 0.25) is 10.0 Å². The van der Waals surface area contributed by atoms with Crippen molar-refractivity contribution in [3.8, 4) is 5.75 Å². The molecule has 0 radical (unpaired) electrons. The van der Waals surface area contributed by atoms with Crippen LogP contribution in [0, 0.1) is 0 Å². The molecule has 0 aliphatic rings. The Morgan fingerprint density at radius 1 is 1.39 bits per heavy atom. The summed E-state index contributed by atoms with van der Waals surface area (Å²) in [7, 11) is 1.63. The molecule has 18 heavy (non-hydrogen) atoms. The summed E-state index contributed by atoms with van der Waals surface area (Å²) in [5.41, 5.74) is 0.583. The van der Waals surface area contributed by atoms with Crippen LogP contribution < -0.4 is 15.9 Å². The Morgan fingerprint density at radius 3 is 2.50 bits per heavy atom. The highest BCUT2D eigenvalue weighted by atomic mass is 35.5. The molecule has 0 fully saturated rings.